The van der Waals surface area contributed by atoms with Crippen molar-refractivity contribution in [2.45, 2.75) is 51.5 Å². The first-order valence-electron chi connectivity index (χ1n) is 12.3. The van der Waals surface area contributed by atoms with E-state index >= 15 is 0 Å². The second kappa shape index (κ2) is 10.5. The first kappa shape index (κ1) is 26.0. The molecule has 4 rings (SSSR count). The van der Waals surface area contributed by atoms with E-state index in [9.17, 15) is 9.59 Å². The number of benzene rings is 2. The predicted octanol–water partition coefficient (Wildman–Crippen LogP) is 5.90. The van der Waals surface area contributed by atoms with E-state index < -0.39 is 5.41 Å². The zero-order valence-corrected chi connectivity index (χ0v) is 22.3. The van der Waals surface area contributed by atoms with Gasteiger partial charge in [-0.05, 0) is 73.9 Å². The molecule has 1 aliphatic carbocycles. The van der Waals surface area contributed by atoms with Crippen molar-refractivity contribution >= 4 is 35.0 Å². The number of likely N-dealkylation sites (N-methyl/N-ethyl adjacent to an activating group) is 1. The summed E-state index contributed by atoms with van der Waals surface area (Å²) in [7, 11) is 1.63. The van der Waals surface area contributed by atoms with Gasteiger partial charge < -0.3 is 15.0 Å². The van der Waals surface area contributed by atoms with E-state index in [0.717, 1.165) is 24.0 Å². The average molecular weight is 517 g/mol. The first-order valence-corrected chi connectivity index (χ1v) is 13.1. The molecule has 2 amide bonds. The fraction of sp³-hybridized carbons (Fsp3) is 0.500. The molecule has 188 valence electrons. The zero-order valence-electron chi connectivity index (χ0n) is 20.8. The van der Waals surface area contributed by atoms with Crippen LogP contribution in [0.2, 0.25) is 10.0 Å². The molecular formula is C28H34Cl2N2O3. The summed E-state index contributed by atoms with van der Waals surface area (Å²) >= 11 is 13.1. The van der Waals surface area contributed by atoms with Crippen molar-refractivity contribution in [1.82, 2.24) is 10.2 Å². The number of amides is 2. The number of carbonyl (C=O) groups excluding carboxylic acids is 2. The molecule has 1 heterocycles. The molecule has 2 fully saturated rings. The third-order valence-electron chi connectivity index (χ3n) is 8.08. The van der Waals surface area contributed by atoms with Gasteiger partial charge in [0.15, 0.2) is 0 Å². The summed E-state index contributed by atoms with van der Waals surface area (Å²) in [5, 5.41) is 4.48. The minimum atomic E-state index is -0.425. The van der Waals surface area contributed by atoms with Crippen LogP contribution in [0, 0.1) is 11.3 Å². The Bertz CT molecular complexity index is 1090. The van der Waals surface area contributed by atoms with Crippen LogP contribution >= 0.6 is 23.2 Å². The van der Waals surface area contributed by atoms with Gasteiger partial charge in [-0.2, -0.15) is 0 Å². The molecule has 0 spiro atoms. The minimum Gasteiger partial charge on any atom is -0.383 e. The van der Waals surface area contributed by atoms with Crippen LogP contribution in [0.1, 0.15) is 66.9 Å². The highest BCUT2D eigenvalue weighted by molar-refractivity contribution is 6.32. The molecule has 7 heteroatoms. The first-order chi connectivity index (χ1) is 16.7. The molecule has 1 aliphatic heterocycles. The van der Waals surface area contributed by atoms with E-state index in [-0.39, 0.29) is 35.6 Å². The zero-order chi connectivity index (χ0) is 25.3. The summed E-state index contributed by atoms with van der Waals surface area (Å²) in [6, 6.07) is 13.7. The van der Waals surface area contributed by atoms with Crippen LogP contribution in [0.4, 0.5) is 0 Å². The van der Waals surface area contributed by atoms with Gasteiger partial charge in [0.05, 0.1) is 12.0 Å². The van der Waals surface area contributed by atoms with E-state index in [1.54, 1.807) is 18.1 Å². The van der Waals surface area contributed by atoms with Crippen molar-refractivity contribution in [1.29, 1.82) is 0 Å². The fourth-order valence-electron chi connectivity index (χ4n) is 6.26. The topological polar surface area (TPSA) is 58.6 Å². The summed E-state index contributed by atoms with van der Waals surface area (Å²) in [6.07, 6.45) is 1.63. The van der Waals surface area contributed by atoms with Crippen LogP contribution in [0.5, 0.6) is 0 Å². The van der Waals surface area contributed by atoms with Gasteiger partial charge in [-0.1, -0.05) is 48.3 Å². The standard InChI is InChI=1S/C28H34Cl2N2O3/c1-5-32(14-15-35-4)26(33)19-8-11-21(23(30)16-19)22-12-13-28(3)25(17(2)31-27(28)34)24(22)18-6-9-20(29)10-7-18/h6-11,16-17,22,24-25H,5,12-15H2,1-4H3,(H,31,34)/t17-,22+,24+,25+,28-/m1/s1. The molecule has 0 bridgehead atoms. The number of carbonyl (C=O) groups is 2. The van der Waals surface area contributed by atoms with Gasteiger partial charge >= 0.3 is 0 Å². The molecule has 2 aromatic carbocycles. The van der Waals surface area contributed by atoms with Crippen LogP contribution in [0.15, 0.2) is 42.5 Å². The number of halogens is 2. The Morgan fingerprint density at radius 1 is 1.20 bits per heavy atom. The van der Waals surface area contributed by atoms with Gasteiger partial charge in [0, 0.05) is 47.8 Å². The molecule has 1 saturated carbocycles. The number of fused-ring (bicyclic) bond motifs is 1. The number of nitrogens with one attached hydrogen (secondary N) is 1. The Labute approximate surface area is 218 Å². The molecule has 2 aliphatic rings. The van der Waals surface area contributed by atoms with E-state index in [0.29, 0.717) is 35.3 Å². The van der Waals surface area contributed by atoms with Crippen LogP contribution in [0.3, 0.4) is 0 Å². The van der Waals surface area contributed by atoms with Crippen LogP contribution in [-0.2, 0) is 9.53 Å². The second-order valence-corrected chi connectivity index (χ2v) is 10.9. The molecule has 5 nitrogen and oxygen atoms in total. The van der Waals surface area contributed by atoms with E-state index in [1.165, 1.54) is 0 Å². The van der Waals surface area contributed by atoms with E-state index in [4.69, 9.17) is 27.9 Å². The maximum absolute atomic E-state index is 13.1. The number of hydrogen-bond donors (Lipinski definition) is 1. The number of methoxy groups -OCH3 is 1. The molecule has 35 heavy (non-hydrogen) atoms. The Morgan fingerprint density at radius 2 is 1.91 bits per heavy atom. The van der Waals surface area contributed by atoms with Crippen molar-refractivity contribution in [2.75, 3.05) is 26.8 Å². The smallest absolute Gasteiger partial charge is 0.253 e. The highest BCUT2D eigenvalue weighted by atomic mass is 35.5. The number of rotatable bonds is 7. The molecule has 0 radical (unpaired) electrons. The van der Waals surface area contributed by atoms with E-state index in [2.05, 4.69) is 31.3 Å². The van der Waals surface area contributed by atoms with Crippen LogP contribution in [-0.4, -0.2) is 49.6 Å². The Hall–Kier alpha value is -2.08. The monoisotopic (exact) mass is 516 g/mol. The molecular weight excluding hydrogens is 483 g/mol. The molecule has 2 aromatic rings. The third-order valence-corrected chi connectivity index (χ3v) is 8.66. The summed E-state index contributed by atoms with van der Waals surface area (Å²) in [5.41, 5.74) is 2.33. The molecule has 1 saturated heterocycles. The van der Waals surface area contributed by atoms with Gasteiger partial charge in [0.2, 0.25) is 5.91 Å². The van der Waals surface area contributed by atoms with Crippen molar-refractivity contribution < 1.29 is 14.3 Å². The average Bonchev–Trinajstić information content (AvgIpc) is 3.07. The van der Waals surface area contributed by atoms with Crippen molar-refractivity contribution in [2.24, 2.45) is 11.3 Å². The van der Waals surface area contributed by atoms with Crippen LogP contribution < -0.4 is 5.32 Å². The van der Waals surface area contributed by atoms with Crippen molar-refractivity contribution in [3.63, 3.8) is 0 Å². The van der Waals surface area contributed by atoms with Crippen LogP contribution in [0.25, 0.3) is 0 Å². The lowest BCUT2D eigenvalue weighted by molar-refractivity contribution is -0.129. The normalized spacial score (nSPS) is 27.9. The van der Waals surface area contributed by atoms with Gasteiger partial charge in [-0.15, -0.1) is 0 Å². The number of ether oxygens (including phenoxy) is 1. The number of nitrogens with zero attached hydrogens (tertiary/aromatic N) is 1. The highest BCUT2D eigenvalue weighted by Gasteiger charge is 2.57. The Kier molecular flexibility index (Phi) is 7.80. The quantitative estimate of drug-likeness (QED) is 0.497. The summed E-state index contributed by atoms with van der Waals surface area (Å²) in [5.74, 6) is 0.416. The lowest BCUT2D eigenvalue weighted by atomic mass is 9.56. The molecule has 1 N–H and O–H groups in total. The van der Waals surface area contributed by atoms with Gasteiger partial charge in [0.1, 0.15) is 0 Å². The van der Waals surface area contributed by atoms with E-state index in [1.807, 2.05) is 31.2 Å². The molecule has 0 unspecified atom stereocenters. The largest absolute Gasteiger partial charge is 0.383 e. The van der Waals surface area contributed by atoms with Gasteiger partial charge in [-0.3, -0.25) is 9.59 Å². The predicted molar refractivity (Wildman–Crippen MR) is 140 cm³/mol. The Morgan fingerprint density at radius 3 is 2.54 bits per heavy atom. The Balaban J connectivity index is 1.71. The fourth-order valence-corrected chi connectivity index (χ4v) is 6.71. The highest BCUT2D eigenvalue weighted by Crippen LogP contribution is 2.59. The minimum absolute atomic E-state index is 0.0505. The van der Waals surface area contributed by atoms with Crippen molar-refractivity contribution in [3.05, 3.63) is 69.2 Å². The third kappa shape index (κ3) is 4.83. The van der Waals surface area contributed by atoms with Gasteiger partial charge in [0.25, 0.3) is 5.91 Å². The summed E-state index contributed by atoms with van der Waals surface area (Å²) in [6.45, 7) is 7.77. The van der Waals surface area contributed by atoms with Gasteiger partial charge in [-0.25, -0.2) is 0 Å². The molecule has 0 aromatic heterocycles. The maximum atomic E-state index is 13.1. The SMILES string of the molecule is CCN(CCOC)C(=O)c1ccc([C@@H]2CC[C@@]3(C)C(=O)N[C@H](C)[C@H]3[C@H]2c2ccc(Cl)cc2)c(Cl)c1. The molecule has 5 atom stereocenters. The lowest BCUT2D eigenvalue weighted by Gasteiger charge is -2.46. The number of hydrogen-bond acceptors (Lipinski definition) is 3. The summed E-state index contributed by atoms with van der Waals surface area (Å²) in [4.78, 5) is 27.8. The summed E-state index contributed by atoms with van der Waals surface area (Å²) < 4.78 is 5.15. The van der Waals surface area contributed by atoms with Crippen molar-refractivity contribution in [3.8, 4) is 0 Å². The second-order valence-electron chi connectivity index (χ2n) is 10.0. The lowest BCUT2D eigenvalue weighted by Crippen LogP contribution is -2.42. The maximum Gasteiger partial charge on any atom is 0.253 e.